The highest BCUT2D eigenvalue weighted by atomic mass is 32.2. The zero-order valence-electron chi connectivity index (χ0n) is 12.4. The van der Waals surface area contributed by atoms with Crippen LogP contribution in [0.4, 0.5) is 0 Å². The van der Waals surface area contributed by atoms with E-state index in [-0.39, 0.29) is 6.61 Å². The fourth-order valence-corrected chi connectivity index (χ4v) is 3.94. The molecule has 0 heterocycles. The highest BCUT2D eigenvalue weighted by molar-refractivity contribution is 7.89. The van der Waals surface area contributed by atoms with E-state index in [9.17, 15) is 8.42 Å². The molecule has 0 saturated heterocycles. The monoisotopic (exact) mass is 311 g/mol. The molecular weight excluding hydrogens is 286 g/mol. The summed E-state index contributed by atoms with van der Waals surface area (Å²) in [7, 11) is -3.40. The lowest BCUT2D eigenvalue weighted by atomic mass is 9.90. The predicted molar refractivity (Wildman–Crippen MR) is 83.6 cm³/mol. The lowest BCUT2D eigenvalue weighted by Gasteiger charge is -2.21. The molecule has 0 aliphatic heterocycles. The maximum atomic E-state index is 12.2. The van der Waals surface area contributed by atoms with Crippen LogP contribution in [0.1, 0.15) is 44.1 Å². The van der Waals surface area contributed by atoms with Crippen molar-refractivity contribution in [3.63, 3.8) is 0 Å². The smallest absolute Gasteiger partial charge is 0.240 e. The van der Waals surface area contributed by atoms with Crippen LogP contribution in [0.15, 0.2) is 29.2 Å². The summed E-state index contributed by atoms with van der Waals surface area (Å²) in [4.78, 5) is 0.325. The van der Waals surface area contributed by atoms with Crippen LogP contribution < -0.4 is 4.72 Å². The number of hydrogen-bond donors (Lipinski definition) is 2. The largest absolute Gasteiger partial charge is 0.396 e. The molecule has 1 fully saturated rings. The third kappa shape index (κ3) is 5.09. The zero-order chi connectivity index (χ0) is 15.1. The molecule has 118 valence electrons. The van der Waals surface area contributed by atoms with E-state index in [0.29, 0.717) is 23.8 Å². The Hall–Kier alpha value is -0.910. The van der Waals surface area contributed by atoms with Gasteiger partial charge in [-0.2, -0.15) is 0 Å². The maximum Gasteiger partial charge on any atom is 0.240 e. The molecule has 4 nitrogen and oxygen atoms in total. The van der Waals surface area contributed by atoms with E-state index in [1.165, 1.54) is 19.3 Å². The van der Waals surface area contributed by atoms with Crippen LogP contribution in [0.25, 0.3) is 0 Å². The van der Waals surface area contributed by atoms with Crippen molar-refractivity contribution in [2.75, 3.05) is 13.2 Å². The van der Waals surface area contributed by atoms with Gasteiger partial charge in [0.25, 0.3) is 0 Å². The van der Waals surface area contributed by atoms with Crippen LogP contribution in [0.5, 0.6) is 0 Å². The molecule has 0 atom stereocenters. The SMILES string of the molecule is O=S(=O)(NCC1CCCCC1)c1ccc(CCCO)cc1. The molecular formula is C16H25NO3S. The van der Waals surface area contributed by atoms with Crippen molar-refractivity contribution in [2.45, 2.75) is 49.8 Å². The number of aryl methyl sites for hydroxylation is 1. The summed E-state index contributed by atoms with van der Waals surface area (Å²) < 4.78 is 27.2. The van der Waals surface area contributed by atoms with Gasteiger partial charge in [0.2, 0.25) is 10.0 Å². The molecule has 5 heteroatoms. The predicted octanol–water partition coefficient (Wildman–Crippen LogP) is 2.47. The van der Waals surface area contributed by atoms with Gasteiger partial charge in [0.15, 0.2) is 0 Å². The van der Waals surface area contributed by atoms with Gasteiger partial charge in [0, 0.05) is 13.2 Å². The van der Waals surface area contributed by atoms with Gasteiger partial charge >= 0.3 is 0 Å². The average molecular weight is 311 g/mol. The van der Waals surface area contributed by atoms with Crippen molar-refractivity contribution in [1.29, 1.82) is 0 Å². The summed E-state index contributed by atoms with van der Waals surface area (Å²) in [6.45, 7) is 0.706. The molecule has 0 aromatic heterocycles. The van der Waals surface area contributed by atoms with E-state index in [1.807, 2.05) is 12.1 Å². The molecule has 1 aromatic rings. The lowest BCUT2D eigenvalue weighted by molar-refractivity contribution is 0.288. The first-order chi connectivity index (χ1) is 10.1. The normalized spacial score (nSPS) is 17.0. The van der Waals surface area contributed by atoms with E-state index >= 15 is 0 Å². The second-order valence-electron chi connectivity index (χ2n) is 5.83. The maximum absolute atomic E-state index is 12.2. The number of sulfonamides is 1. The van der Waals surface area contributed by atoms with E-state index in [0.717, 1.165) is 24.8 Å². The first-order valence-electron chi connectivity index (χ1n) is 7.81. The third-order valence-electron chi connectivity index (χ3n) is 4.14. The van der Waals surface area contributed by atoms with Gasteiger partial charge in [-0.1, -0.05) is 31.4 Å². The van der Waals surface area contributed by atoms with E-state index in [4.69, 9.17) is 5.11 Å². The molecule has 1 aliphatic rings. The Labute approximate surface area is 127 Å². The second kappa shape index (κ2) is 7.92. The van der Waals surface area contributed by atoms with E-state index < -0.39 is 10.0 Å². The summed E-state index contributed by atoms with van der Waals surface area (Å²) in [6.07, 6.45) is 7.43. The van der Waals surface area contributed by atoms with Crippen LogP contribution in [0.2, 0.25) is 0 Å². The van der Waals surface area contributed by atoms with Crippen LogP contribution >= 0.6 is 0 Å². The number of aliphatic hydroxyl groups excluding tert-OH is 1. The fraction of sp³-hybridized carbons (Fsp3) is 0.625. The molecule has 1 aliphatic carbocycles. The van der Waals surface area contributed by atoms with Gasteiger partial charge in [-0.05, 0) is 49.3 Å². The van der Waals surface area contributed by atoms with Crippen molar-refractivity contribution in [2.24, 2.45) is 5.92 Å². The number of aliphatic hydroxyl groups is 1. The van der Waals surface area contributed by atoms with E-state index in [1.54, 1.807) is 12.1 Å². The first-order valence-corrected chi connectivity index (χ1v) is 9.29. The quantitative estimate of drug-likeness (QED) is 0.813. The Morgan fingerprint density at radius 3 is 2.38 bits per heavy atom. The molecule has 1 aromatic carbocycles. The third-order valence-corrected chi connectivity index (χ3v) is 5.58. The fourth-order valence-electron chi connectivity index (χ4n) is 2.82. The molecule has 2 N–H and O–H groups in total. The van der Waals surface area contributed by atoms with Crippen LogP contribution in [0.3, 0.4) is 0 Å². The Kier molecular flexibility index (Phi) is 6.21. The zero-order valence-corrected chi connectivity index (χ0v) is 13.2. The van der Waals surface area contributed by atoms with Crippen molar-refractivity contribution in [3.05, 3.63) is 29.8 Å². The topological polar surface area (TPSA) is 66.4 Å². The van der Waals surface area contributed by atoms with Crippen molar-refractivity contribution in [1.82, 2.24) is 4.72 Å². The van der Waals surface area contributed by atoms with Gasteiger partial charge in [-0.15, -0.1) is 0 Å². The molecule has 0 bridgehead atoms. The molecule has 0 unspecified atom stereocenters. The van der Waals surface area contributed by atoms with Crippen molar-refractivity contribution < 1.29 is 13.5 Å². The standard InChI is InChI=1S/C16H25NO3S/c18-12-4-7-14-8-10-16(11-9-14)21(19,20)17-13-15-5-2-1-3-6-15/h8-11,15,17-18H,1-7,12-13H2. The van der Waals surface area contributed by atoms with Crippen molar-refractivity contribution >= 4 is 10.0 Å². The Bertz CT molecular complexity index is 519. The van der Waals surface area contributed by atoms with Gasteiger partial charge in [-0.3, -0.25) is 0 Å². The van der Waals surface area contributed by atoms with Gasteiger partial charge in [-0.25, -0.2) is 13.1 Å². The highest BCUT2D eigenvalue weighted by Gasteiger charge is 2.18. The first kappa shape index (κ1) is 16.5. The van der Waals surface area contributed by atoms with Crippen LogP contribution in [-0.4, -0.2) is 26.7 Å². The number of hydrogen-bond acceptors (Lipinski definition) is 3. The molecule has 0 radical (unpaired) electrons. The summed E-state index contributed by atoms with van der Waals surface area (Å²) in [5.41, 5.74) is 1.05. The Morgan fingerprint density at radius 1 is 1.10 bits per heavy atom. The number of benzene rings is 1. The average Bonchev–Trinajstić information content (AvgIpc) is 2.52. The van der Waals surface area contributed by atoms with Gasteiger partial charge < -0.3 is 5.11 Å². The Morgan fingerprint density at radius 2 is 1.76 bits per heavy atom. The highest BCUT2D eigenvalue weighted by Crippen LogP contribution is 2.23. The lowest BCUT2D eigenvalue weighted by Crippen LogP contribution is -2.30. The summed E-state index contributed by atoms with van der Waals surface area (Å²) in [6, 6.07) is 6.95. The Balaban J connectivity index is 1.91. The summed E-state index contributed by atoms with van der Waals surface area (Å²) in [5, 5.41) is 8.80. The molecule has 0 amide bonds. The summed E-state index contributed by atoms with van der Waals surface area (Å²) in [5.74, 6) is 0.484. The molecule has 2 rings (SSSR count). The minimum Gasteiger partial charge on any atom is -0.396 e. The van der Waals surface area contributed by atoms with Gasteiger partial charge in [0.05, 0.1) is 4.90 Å². The number of nitrogens with one attached hydrogen (secondary N) is 1. The van der Waals surface area contributed by atoms with Crippen LogP contribution in [0, 0.1) is 5.92 Å². The van der Waals surface area contributed by atoms with Gasteiger partial charge in [0.1, 0.15) is 0 Å². The molecule has 0 spiro atoms. The van der Waals surface area contributed by atoms with Crippen LogP contribution in [-0.2, 0) is 16.4 Å². The number of rotatable bonds is 7. The van der Waals surface area contributed by atoms with Crippen molar-refractivity contribution in [3.8, 4) is 0 Å². The minimum atomic E-state index is -3.40. The van der Waals surface area contributed by atoms with E-state index in [2.05, 4.69) is 4.72 Å². The molecule has 21 heavy (non-hydrogen) atoms. The second-order valence-corrected chi connectivity index (χ2v) is 7.59. The molecule has 1 saturated carbocycles. The summed E-state index contributed by atoms with van der Waals surface area (Å²) >= 11 is 0. The minimum absolute atomic E-state index is 0.156.